The summed E-state index contributed by atoms with van der Waals surface area (Å²) in [6.07, 6.45) is 7.65. The van der Waals surface area contributed by atoms with Gasteiger partial charge in [0, 0.05) is 0 Å². The monoisotopic (exact) mass is 232 g/mol. The van der Waals surface area contributed by atoms with Crippen molar-refractivity contribution in [2.24, 2.45) is 0 Å². The number of ketones is 1. The molecule has 0 aromatic heterocycles. The van der Waals surface area contributed by atoms with E-state index < -0.39 is 0 Å². The molecular formula is C10H17BrO. The molecule has 0 heterocycles. The molecule has 0 aromatic carbocycles. The van der Waals surface area contributed by atoms with Crippen LogP contribution in [0.1, 0.15) is 46.0 Å². The van der Waals surface area contributed by atoms with Crippen LogP contribution in [-0.4, -0.2) is 5.78 Å². The van der Waals surface area contributed by atoms with Crippen LogP contribution < -0.4 is 0 Å². The molecule has 0 bridgehead atoms. The normalized spacial score (nSPS) is 11.8. The summed E-state index contributed by atoms with van der Waals surface area (Å²) in [5, 5.41) is 0. The second kappa shape index (κ2) is 7.53. The van der Waals surface area contributed by atoms with Crippen molar-refractivity contribution in [3.05, 3.63) is 10.6 Å². The summed E-state index contributed by atoms with van der Waals surface area (Å²) in [7, 11) is 0. The maximum atomic E-state index is 10.6. The van der Waals surface area contributed by atoms with Crippen LogP contribution in [-0.2, 0) is 4.79 Å². The average molecular weight is 233 g/mol. The van der Waals surface area contributed by atoms with Gasteiger partial charge in [-0.05, 0) is 30.3 Å². The van der Waals surface area contributed by atoms with Crippen molar-refractivity contribution in [2.45, 2.75) is 46.0 Å². The molecule has 0 rings (SSSR count). The molecule has 0 aliphatic heterocycles. The van der Waals surface area contributed by atoms with Crippen molar-refractivity contribution in [1.29, 1.82) is 0 Å². The summed E-state index contributed by atoms with van der Waals surface area (Å²) in [4.78, 5) is 10.6. The summed E-state index contributed by atoms with van der Waals surface area (Å²) in [5.74, 6) is 0.123. The van der Waals surface area contributed by atoms with Crippen LogP contribution in [0.2, 0.25) is 0 Å². The molecule has 0 radical (unpaired) electrons. The second-order valence-electron chi connectivity index (χ2n) is 3.01. The second-order valence-corrected chi connectivity index (χ2v) is 4.03. The van der Waals surface area contributed by atoms with Crippen molar-refractivity contribution < 1.29 is 4.79 Å². The predicted octanol–water partition coefficient (Wildman–Crippen LogP) is 3.82. The molecule has 70 valence electrons. The van der Waals surface area contributed by atoms with E-state index in [2.05, 4.69) is 22.9 Å². The molecule has 0 unspecified atom stereocenters. The number of carbonyl (C=O) groups excluding carboxylic acids is 1. The minimum atomic E-state index is 0.123. The fraction of sp³-hybridized carbons (Fsp3) is 0.700. The minimum Gasteiger partial charge on any atom is -0.295 e. The zero-order chi connectivity index (χ0) is 9.40. The molecule has 12 heavy (non-hydrogen) atoms. The van der Waals surface area contributed by atoms with Crippen molar-refractivity contribution in [3.8, 4) is 0 Å². The SMILES string of the molecule is CCCCCC/C(Br)=C\C(C)=O. The maximum Gasteiger partial charge on any atom is 0.153 e. The molecule has 2 heteroatoms. The number of hydrogen-bond acceptors (Lipinski definition) is 1. The van der Waals surface area contributed by atoms with Crippen LogP contribution in [0.5, 0.6) is 0 Å². The number of hydrogen-bond donors (Lipinski definition) is 0. The van der Waals surface area contributed by atoms with E-state index in [0.717, 1.165) is 10.9 Å². The van der Waals surface area contributed by atoms with Gasteiger partial charge in [-0.1, -0.05) is 42.1 Å². The summed E-state index contributed by atoms with van der Waals surface area (Å²) < 4.78 is 1.03. The molecule has 0 saturated heterocycles. The number of allylic oxidation sites excluding steroid dienone is 2. The van der Waals surface area contributed by atoms with E-state index in [-0.39, 0.29) is 5.78 Å². The highest BCUT2D eigenvalue weighted by atomic mass is 79.9. The molecule has 0 aromatic rings. The third-order valence-electron chi connectivity index (χ3n) is 1.63. The molecule has 0 N–H and O–H groups in total. The Labute approximate surface area is 83.4 Å². The molecule has 0 atom stereocenters. The lowest BCUT2D eigenvalue weighted by atomic mass is 10.1. The predicted molar refractivity (Wildman–Crippen MR) is 56.5 cm³/mol. The van der Waals surface area contributed by atoms with E-state index in [0.29, 0.717) is 0 Å². The Morgan fingerprint density at radius 1 is 1.33 bits per heavy atom. The quantitative estimate of drug-likeness (QED) is 0.503. The summed E-state index contributed by atoms with van der Waals surface area (Å²) in [6.45, 7) is 3.77. The van der Waals surface area contributed by atoms with Gasteiger partial charge in [0.05, 0.1) is 0 Å². The minimum absolute atomic E-state index is 0.123. The lowest BCUT2D eigenvalue weighted by Crippen LogP contribution is -1.84. The molecule has 0 saturated carbocycles. The van der Waals surface area contributed by atoms with Crippen molar-refractivity contribution in [1.82, 2.24) is 0 Å². The van der Waals surface area contributed by atoms with Gasteiger partial charge in [0.25, 0.3) is 0 Å². The van der Waals surface area contributed by atoms with Crippen molar-refractivity contribution in [3.63, 3.8) is 0 Å². The third kappa shape index (κ3) is 7.99. The Bertz CT molecular complexity index is 161. The van der Waals surface area contributed by atoms with Gasteiger partial charge in [-0.25, -0.2) is 0 Å². The van der Waals surface area contributed by atoms with Crippen LogP contribution in [0.4, 0.5) is 0 Å². The lowest BCUT2D eigenvalue weighted by Gasteiger charge is -1.97. The summed E-state index contributed by atoms with van der Waals surface area (Å²) in [6, 6.07) is 0. The number of unbranched alkanes of at least 4 members (excludes halogenated alkanes) is 3. The lowest BCUT2D eigenvalue weighted by molar-refractivity contribution is -0.112. The number of rotatable bonds is 6. The van der Waals surface area contributed by atoms with Crippen molar-refractivity contribution >= 4 is 21.7 Å². The number of carbonyl (C=O) groups is 1. The Balaban J connectivity index is 3.43. The Morgan fingerprint density at radius 3 is 2.50 bits per heavy atom. The molecule has 0 spiro atoms. The fourth-order valence-corrected chi connectivity index (χ4v) is 1.62. The molecule has 0 amide bonds. The Hall–Kier alpha value is -0.110. The molecular weight excluding hydrogens is 216 g/mol. The smallest absolute Gasteiger partial charge is 0.153 e. The third-order valence-corrected chi connectivity index (χ3v) is 2.25. The molecule has 1 nitrogen and oxygen atoms in total. The van der Waals surface area contributed by atoms with Crippen LogP contribution in [0.25, 0.3) is 0 Å². The van der Waals surface area contributed by atoms with Crippen LogP contribution in [0.3, 0.4) is 0 Å². The first kappa shape index (κ1) is 11.9. The average Bonchev–Trinajstić information content (AvgIpc) is 1.97. The molecule has 0 aliphatic rings. The van der Waals surface area contributed by atoms with Crippen LogP contribution in [0.15, 0.2) is 10.6 Å². The van der Waals surface area contributed by atoms with Gasteiger partial charge in [0.2, 0.25) is 0 Å². The van der Waals surface area contributed by atoms with E-state index in [4.69, 9.17) is 0 Å². The number of halogens is 1. The highest BCUT2D eigenvalue weighted by Crippen LogP contribution is 2.15. The van der Waals surface area contributed by atoms with Gasteiger partial charge in [-0.15, -0.1) is 0 Å². The zero-order valence-corrected chi connectivity index (χ0v) is 9.49. The fourth-order valence-electron chi connectivity index (χ4n) is 1.01. The van der Waals surface area contributed by atoms with Gasteiger partial charge < -0.3 is 0 Å². The first-order valence-corrected chi connectivity index (χ1v) is 5.32. The van der Waals surface area contributed by atoms with Gasteiger partial charge in [0.15, 0.2) is 5.78 Å². The van der Waals surface area contributed by atoms with E-state index in [1.807, 2.05) is 0 Å². The van der Waals surface area contributed by atoms with Gasteiger partial charge in [0.1, 0.15) is 0 Å². The Kier molecular flexibility index (Phi) is 7.47. The van der Waals surface area contributed by atoms with E-state index >= 15 is 0 Å². The standard InChI is InChI=1S/C10H17BrO/c1-3-4-5-6-7-10(11)8-9(2)12/h8H,3-7H2,1-2H3/b10-8+. The maximum absolute atomic E-state index is 10.6. The van der Waals surface area contributed by atoms with Gasteiger partial charge in [-0.3, -0.25) is 4.79 Å². The Morgan fingerprint density at radius 2 is 2.00 bits per heavy atom. The molecule has 0 fully saturated rings. The summed E-state index contributed by atoms with van der Waals surface area (Å²) >= 11 is 3.37. The van der Waals surface area contributed by atoms with Gasteiger partial charge in [-0.2, -0.15) is 0 Å². The largest absolute Gasteiger partial charge is 0.295 e. The highest BCUT2D eigenvalue weighted by molar-refractivity contribution is 9.11. The topological polar surface area (TPSA) is 17.1 Å². The first-order valence-electron chi connectivity index (χ1n) is 4.53. The van der Waals surface area contributed by atoms with E-state index in [9.17, 15) is 4.79 Å². The van der Waals surface area contributed by atoms with Crippen LogP contribution >= 0.6 is 15.9 Å². The first-order chi connectivity index (χ1) is 5.66. The van der Waals surface area contributed by atoms with Crippen LogP contribution in [0, 0.1) is 0 Å². The summed E-state index contributed by atoms with van der Waals surface area (Å²) in [5.41, 5.74) is 0. The molecule has 0 aliphatic carbocycles. The van der Waals surface area contributed by atoms with Gasteiger partial charge >= 0.3 is 0 Å². The van der Waals surface area contributed by atoms with Crippen molar-refractivity contribution in [2.75, 3.05) is 0 Å². The zero-order valence-electron chi connectivity index (χ0n) is 7.90. The van der Waals surface area contributed by atoms with E-state index in [1.165, 1.54) is 25.7 Å². The van der Waals surface area contributed by atoms with E-state index in [1.54, 1.807) is 13.0 Å². The highest BCUT2D eigenvalue weighted by Gasteiger charge is 1.94.